The summed E-state index contributed by atoms with van der Waals surface area (Å²) in [5.41, 5.74) is 8.75. The van der Waals surface area contributed by atoms with Gasteiger partial charge >= 0.3 is 0 Å². The van der Waals surface area contributed by atoms with E-state index in [2.05, 4.69) is 10.1 Å². The van der Waals surface area contributed by atoms with E-state index in [1.807, 2.05) is 13.8 Å². The number of ether oxygens (including phenoxy) is 1. The van der Waals surface area contributed by atoms with Crippen molar-refractivity contribution in [2.75, 3.05) is 12.8 Å². The van der Waals surface area contributed by atoms with Crippen LogP contribution in [0.1, 0.15) is 11.3 Å². The van der Waals surface area contributed by atoms with Crippen LogP contribution in [0.4, 0.5) is 5.69 Å². The molecule has 0 atom stereocenters. The first-order valence-electron chi connectivity index (χ1n) is 4.29. The predicted octanol–water partition coefficient (Wildman–Crippen LogP) is 0.937. The van der Waals surface area contributed by atoms with Gasteiger partial charge in [-0.2, -0.15) is 9.61 Å². The van der Waals surface area contributed by atoms with Crippen LogP contribution in [0.15, 0.2) is 6.20 Å². The second-order valence-electron chi connectivity index (χ2n) is 3.18. The van der Waals surface area contributed by atoms with Gasteiger partial charge in [0.25, 0.3) is 0 Å². The molecule has 2 N–H and O–H groups in total. The number of aromatic nitrogens is 3. The summed E-state index contributed by atoms with van der Waals surface area (Å²) in [5, 5.41) is 4.25. The van der Waals surface area contributed by atoms with Crippen LogP contribution < -0.4 is 10.5 Å². The summed E-state index contributed by atoms with van der Waals surface area (Å²) in [6.45, 7) is 3.76. The second-order valence-corrected chi connectivity index (χ2v) is 3.18. The highest BCUT2D eigenvalue weighted by Gasteiger charge is 2.12. The lowest BCUT2D eigenvalue weighted by atomic mass is 10.3. The van der Waals surface area contributed by atoms with Gasteiger partial charge in [0.15, 0.2) is 5.65 Å². The van der Waals surface area contributed by atoms with Crippen molar-refractivity contribution in [3.8, 4) is 5.88 Å². The summed E-state index contributed by atoms with van der Waals surface area (Å²) in [7, 11) is 1.61. The minimum absolute atomic E-state index is 0.600. The zero-order valence-electron chi connectivity index (χ0n) is 8.40. The van der Waals surface area contributed by atoms with Crippen LogP contribution >= 0.6 is 0 Å². The number of anilines is 1. The predicted molar refractivity (Wildman–Crippen MR) is 53.4 cm³/mol. The minimum Gasteiger partial charge on any atom is -0.481 e. The number of rotatable bonds is 1. The van der Waals surface area contributed by atoms with Crippen LogP contribution in [0.25, 0.3) is 5.65 Å². The van der Waals surface area contributed by atoms with E-state index in [1.54, 1.807) is 17.8 Å². The fourth-order valence-corrected chi connectivity index (χ4v) is 1.42. The summed E-state index contributed by atoms with van der Waals surface area (Å²) >= 11 is 0. The molecular formula is C9H12N4O. The fraction of sp³-hybridized carbons (Fsp3) is 0.333. The maximum absolute atomic E-state index is 5.81. The molecule has 2 aromatic rings. The van der Waals surface area contributed by atoms with Crippen LogP contribution in [0, 0.1) is 13.8 Å². The molecule has 0 saturated carbocycles. The van der Waals surface area contributed by atoms with Crippen molar-refractivity contribution < 1.29 is 4.74 Å². The quantitative estimate of drug-likeness (QED) is 0.730. The van der Waals surface area contributed by atoms with Gasteiger partial charge in [0.05, 0.1) is 12.8 Å². The van der Waals surface area contributed by atoms with Gasteiger partial charge < -0.3 is 10.5 Å². The number of nitrogen functional groups attached to an aromatic ring is 1. The number of hydrogen-bond donors (Lipinski definition) is 1. The number of nitrogens with zero attached hydrogens (tertiary/aromatic N) is 3. The Morgan fingerprint density at radius 3 is 2.79 bits per heavy atom. The van der Waals surface area contributed by atoms with Gasteiger partial charge in [-0.25, -0.2) is 4.98 Å². The Bertz CT molecular complexity index is 489. The van der Waals surface area contributed by atoms with E-state index < -0.39 is 0 Å². The van der Waals surface area contributed by atoms with Crippen molar-refractivity contribution in [1.82, 2.24) is 14.6 Å². The van der Waals surface area contributed by atoms with Crippen molar-refractivity contribution in [1.29, 1.82) is 0 Å². The Morgan fingerprint density at radius 1 is 1.43 bits per heavy atom. The molecule has 0 amide bonds. The number of fused-ring (bicyclic) bond motifs is 1. The summed E-state index contributed by atoms with van der Waals surface area (Å²) in [5.74, 6) is 0.676. The van der Waals surface area contributed by atoms with Crippen LogP contribution in [-0.4, -0.2) is 21.7 Å². The van der Waals surface area contributed by atoms with Gasteiger partial charge in [-0.3, -0.25) is 0 Å². The lowest BCUT2D eigenvalue weighted by molar-refractivity contribution is 0.381. The molecule has 0 radical (unpaired) electrons. The Balaban J connectivity index is 2.88. The van der Waals surface area contributed by atoms with Crippen molar-refractivity contribution >= 4 is 11.3 Å². The van der Waals surface area contributed by atoms with E-state index >= 15 is 0 Å². The molecule has 0 aromatic carbocycles. The van der Waals surface area contributed by atoms with Crippen LogP contribution in [0.5, 0.6) is 5.88 Å². The molecule has 0 fully saturated rings. The molecule has 74 valence electrons. The average Bonchev–Trinajstić information content (AvgIpc) is 2.43. The van der Waals surface area contributed by atoms with Gasteiger partial charge in [-0.1, -0.05) is 0 Å². The highest BCUT2D eigenvalue weighted by atomic mass is 16.5. The third-order valence-corrected chi connectivity index (χ3v) is 2.18. The number of nitrogens with two attached hydrogens (primary N) is 1. The summed E-state index contributed by atoms with van der Waals surface area (Å²) in [4.78, 5) is 4.21. The SMILES string of the molecule is COc1c(C)cnc2c(N)c(C)nn12. The zero-order valence-corrected chi connectivity index (χ0v) is 8.40. The van der Waals surface area contributed by atoms with Gasteiger partial charge in [-0.15, -0.1) is 0 Å². The topological polar surface area (TPSA) is 65.4 Å². The smallest absolute Gasteiger partial charge is 0.220 e. The molecule has 5 heteroatoms. The highest BCUT2D eigenvalue weighted by Crippen LogP contribution is 2.22. The van der Waals surface area contributed by atoms with Gasteiger partial charge in [0, 0.05) is 11.8 Å². The molecule has 2 aromatic heterocycles. The molecule has 2 rings (SSSR count). The third-order valence-electron chi connectivity index (χ3n) is 2.18. The maximum Gasteiger partial charge on any atom is 0.220 e. The van der Waals surface area contributed by atoms with Crippen LogP contribution in [-0.2, 0) is 0 Å². The van der Waals surface area contributed by atoms with Crippen molar-refractivity contribution in [3.63, 3.8) is 0 Å². The number of hydrogen-bond acceptors (Lipinski definition) is 4. The van der Waals surface area contributed by atoms with E-state index in [4.69, 9.17) is 10.5 Å². The first-order chi connectivity index (χ1) is 6.65. The van der Waals surface area contributed by atoms with Crippen LogP contribution in [0.3, 0.4) is 0 Å². The van der Waals surface area contributed by atoms with E-state index in [0.717, 1.165) is 11.3 Å². The molecule has 14 heavy (non-hydrogen) atoms. The van der Waals surface area contributed by atoms with Crippen LogP contribution in [0.2, 0.25) is 0 Å². The van der Waals surface area contributed by atoms with Crippen molar-refractivity contribution in [2.24, 2.45) is 0 Å². The van der Waals surface area contributed by atoms with Gasteiger partial charge in [0.1, 0.15) is 5.69 Å². The molecule has 0 unspecified atom stereocenters. The minimum atomic E-state index is 0.600. The van der Waals surface area contributed by atoms with Gasteiger partial charge in [0.2, 0.25) is 5.88 Å². The third kappa shape index (κ3) is 1.02. The molecule has 5 nitrogen and oxygen atoms in total. The summed E-state index contributed by atoms with van der Waals surface area (Å²) < 4.78 is 6.86. The molecule has 0 aliphatic rings. The second kappa shape index (κ2) is 2.87. The number of aryl methyl sites for hydroxylation is 2. The molecule has 0 spiro atoms. The summed E-state index contributed by atoms with van der Waals surface area (Å²) in [6.07, 6.45) is 1.73. The first-order valence-corrected chi connectivity index (χ1v) is 4.29. The lowest BCUT2D eigenvalue weighted by Crippen LogP contribution is -2.00. The van der Waals surface area contributed by atoms with E-state index in [-0.39, 0.29) is 0 Å². The Kier molecular flexibility index (Phi) is 1.80. The Labute approximate surface area is 81.5 Å². The zero-order chi connectivity index (χ0) is 10.3. The Hall–Kier alpha value is -1.78. The molecule has 0 bridgehead atoms. The normalized spacial score (nSPS) is 10.8. The Morgan fingerprint density at radius 2 is 2.14 bits per heavy atom. The average molecular weight is 192 g/mol. The largest absolute Gasteiger partial charge is 0.481 e. The standard InChI is InChI=1S/C9H12N4O/c1-5-4-11-8-7(10)6(2)12-13(8)9(5)14-3/h4H,10H2,1-3H3. The number of methoxy groups -OCH3 is 1. The highest BCUT2D eigenvalue weighted by molar-refractivity contribution is 5.68. The van der Waals surface area contributed by atoms with Crippen molar-refractivity contribution in [3.05, 3.63) is 17.5 Å². The molecule has 0 aliphatic carbocycles. The molecule has 0 saturated heterocycles. The fourth-order valence-electron chi connectivity index (χ4n) is 1.42. The van der Waals surface area contributed by atoms with E-state index in [9.17, 15) is 0 Å². The van der Waals surface area contributed by atoms with Gasteiger partial charge in [-0.05, 0) is 13.8 Å². The van der Waals surface area contributed by atoms with Crippen molar-refractivity contribution in [2.45, 2.75) is 13.8 Å². The van der Waals surface area contributed by atoms with E-state index in [0.29, 0.717) is 17.2 Å². The molecule has 0 aliphatic heterocycles. The molecule has 2 heterocycles. The lowest BCUT2D eigenvalue weighted by Gasteiger charge is -2.05. The summed E-state index contributed by atoms with van der Waals surface area (Å²) in [6, 6.07) is 0. The monoisotopic (exact) mass is 192 g/mol. The van der Waals surface area contributed by atoms with E-state index in [1.165, 1.54) is 0 Å². The molecular weight excluding hydrogens is 180 g/mol. The first kappa shape index (κ1) is 8.80. The maximum atomic E-state index is 5.81.